The Bertz CT molecular complexity index is 450. The van der Waals surface area contributed by atoms with Gasteiger partial charge in [0.15, 0.2) is 5.92 Å². The summed E-state index contributed by atoms with van der Waals surface area (Å²) in [7, 11) is 2.64. The standard InChI is InChI=1S/C13H19N3O5/c1-15-11(19)9(12(20)16(2)13(15)21)8-14-7-5-3-4-6-10(17)18/h8-9H,3-7H2,1-2H3,(H,17,18). The third-order valence-electron chi connectivity index (χ3n) is 3.20. The fraction of sp³-hybridized carbons (Fsp3) is 0.615. The summed E-state index contributed by atoms with van der Waals surface area (Å²) >= 11 is 0. The molecule has 1 heterocycles. The number of hydrogen-bond acceptors (Lipinski definition) is 5. The molecule has 1 rings (SSSR count). The number of imide groups is 2. The second-order valence-corrected chi connectivity index (χ2v) is 4.81. The minimum absolute atomic E-state index is 0.126. The summed E-state index contributed by atoms with van der Waals surface area (Å²) in [5.41, 5.74) is 0. The summed E-state index contributed by atoms with van der Waals surface area (Å²) in [6, 6.07) is -0.650. The van der Waals surface area contributed by atoms with Crippen LogP contribution < -0.4 is 0 Å². The van der Waals surface area contributed by atoms with Gasteiger partial charge < -0.3 is 5.11 Å². The van der Waals surface area contributed by atoms with Crippen molar-refractivity contribution < 1.29 is 24.3 Å². The Hall–Kier alpha value is -2.25. The van der Waals surface area contributed by atoms with Crippen LogP contribution in [0.5, 0.6) is 0 Å². The van der Waals surface area contributed by atoms with Crippen LogP contribution in [-0.2, 0) is 14.4 Å². The maximum atomic E-state index is 11.8. The van der Waals surface area contributed by atoms with Gasteiger partial charge in [0, 0.05) is 33.3 Å². The van der Waals surface area contributed by atoms with E-state index in [2.05, 4.69) is 4.99 Å². The Balaban J connectivity index is 2.44. The van der Waals surface area contributed by atoms with Gasteiger partial charge in [0.25, 0.3) is 0 Å². The number of barbiturate groups is 1. The molecule has 8 nitrogen and oxygen atoms in total. The third kappa shape index (κ3) is 4.37. The van der Waals surface area contributed by atoms with Gasteiger partial charge in [-0.25, -0.2) is 4.79 Å². The molecule has 1 fully saturated rings. The molecule has 0 aromatic rings. The highest BCUT2D eigenvalue weighted by molar-refractivity contribution is 6.23. The van der Waals surface area contributed by atoms with Crippen molar-refractivity contribution in [3.05, 3.63) is 0 Å². The highest BCUT2D eigenvalue weighted by Gasteiger charge is 2.41. The number of carbonyl (C=O) groups is 4. The molecule has 116 valence electrons. The normalized spacial score (nSPS) is 17.1. The molecule has 1 aliphatic heterocycles. The van der Waals surface area contributed by atoms with E-state index in [4.69, 9.17) is 5.11 Å². The van der Waals surface area contributed by atoms with E-state index in [0.717, 1.165) is 9.80 Å². The number of hydrogen-bond donors (Lipinski definition) is 1. The summed E-state index contributed by atoms with van der Waals surface area (Å²) < 4.78 is 0. The summed E-state index contributed by atoms with van der Waals surface area (Å²) in [4.78, 5) is 51.3. The average Bonchev–Trinajstić information content (AvgIpc) is 2.45. The van der Waals surface area contributed by atoms with E-state index >= 15 is 0 Å². The van der Waals surface area contributed by atoms with E-state index in [0.29, 0.717) is 25.8 Å². The monoisotopic (exact) mass is 297 g/mol. The third-order valence-corrected chi connectivity index (χ3v) is 3.20. The molecule has 8 heteroatoms. The van der Waals surface area contributed by atoms with E-state index in [1.165, 1.54) is 20.3 Å². The maximum absolute atomic E-state index is 11.8. The van der Waals surface area contributed by atoms with Crippen molar-refractivity contribution in [2.75, 3.05) is 20.6 Å². The number of nitrogens with zero attached hydrogens (tertiary/aromatic N) is 3. The number of rotatable bonds is 7. The first kappa shape index (κ1) is 16.8. The van der Waals surface area contributed by atoms with Crippen LogP contribution in [0.4, 0.5) is 4.79 Å². The highest BCUT2D eigenvalue weighted by Crippen LogP contribution is 2.13. The molecule has 0 radical (unpaired) electrons. The van der Waals surface area contributed by atoms with E-state index in [9.17, 15) is 19.2 Å². The average molecular weight is 297 g/mol. The smallest absolute Gasteiger partial charge is 0.332 e. The minimum Gasteiger partial charge on any atom is -0.481 e. The Morgan fingerprint density at radius 2 is 1.71 bits per heavy atom. The number of carboxylic acids is 1. The van der Waals surface area contributed by atoms with Crippen LogP contribution in [0.1, 0.15) is 25.7 Å². The van der Waals surface area contributed by atoms with Gasteiger partial charge in [0.05, 0.1) is 0 Å². The first-order chi connectivity index (χ1) is 9.86. The molecule has 21 heavy (non-hydrogen) atoms. The molecule has 0 saturated carbocycles. The lowest BCUT2D eigenvalue weighted by atomic mass is 10.1. The lowest BCUT2D eigenvalue weighted by molar-refractivity contribution is -0.144. The maximum Gasteiger partial charge on any atom is 0.332 e. The Kier molecular flexibility index (Phi) is 6.01. The van der Waals surface area contributed by atoms with Crippen LogP contribution >= 0.6 is 0 Å². The quantitative estimate of drug-likeness (QED) is 0.415. The Labute approximate surface area is 122 Å². The van der Waals surface area contributed by atoms with E-state index in [1.807, 2.05) is 0 Å². The molecule has 0 bridgehead atoms. The zero-order valence-electron chi connectivity index (χ0n) is 12.1. The first-order valence-electron chi connectivity index (χ1n) is 6.67. The number of carboxylic acid groups (broad SMARTS) is 1. The topological polar surface area (TPSA) is 107 Å². The molecule has 1 saturated heterocycles. The van der Waals surface area contributed by atoms with Crippen molar-refractivity contribution in [1.82, 2.24) is 9.80 Å². The van der Waals surface area contributed by atoms with Gasteiger partial charge in [-0.3, -0.25) is 29.2 Å². The van der Waals surface area contributed by atoms with Crippen LogP contribution in [0.2, 0.25) is 0 Å². The molecular weight excluding hydrogens is 278 g/mol. The first-order valence-corrected chi connectivity index (χ1v) is 6.67. The predicted molar refractivity (Wildman–Crippen MR) is 73.9 cm³/mol. The molecule has 4 amide bonds. The van der Waals surface area contributed by atoms with Crippen LogP contribution in [0.3, 0.4) is 0 Å². The summed E-state index contributed by atoms with van der Waals surface area (Å²) in [6.45, 7) is 0.415. The molecule has 1 aliphatic rings. The number of aliphatic imine (C=N–C) groups is 1. The van der Waals surface area contributed by atoms with E-state index in [-0.39, 0.29) is 6.42 Å². The minimum atomic E-state index is -1.06. The number of unbranched alkanes of at least 4 members (excludes halogenated alkanes) is 2. The SMILES string of the molecule is CN1C(=O)C(C=NCCCCCC(=O)O)C(=O)N(C)C1=O. The van der Waals surface area contributed by atoms with Gasteiger partial charge in [0.2, 0.25) is 11.8 Å². The van der Waals surface area contributed by atoms with E-state index in [1.54, 1.807) is 0 Å². The fourth-order valence-electron chi connectivity index (χ4n) is 1.90. The Morgan fingerprint density at radius 1 is 1.14 bits per heavy atom. The fourth-order valence-corrected chi connectivity index (χ4v) is 1.90. The van der Waals surface area contributed by atoms with Crippen LogP contribution in [-0.4, -0.2) is 65.6 Å². The number of aliphatic carboxylic acids is 1. The second-order valence-electron chi connectivity index (χ2n) is 4.81. The van der Waals surface area contributed by atoms with Crippen LogP contribution in [0.25, 0.3) is 0 Å². The largest absolute Gasteiger partial charge is 0.481 e. The van der Waals surface area contributed by atoms with Crippen molar-refractivity contribution >= 4 is 30.0 Å². The predicted octanol–water partition coefficient (Wildman–Crippen LogP) is 0.369. The molecular formula is C13H19N3O5. The Morgan fingerprint density at radius 3 is 2.24 bits per heavy atom. The summed E-state index contributed by atoms with van der Waals surface area (Å²) in [6.07, 6.45) is 3.37. The van der Waals surface area contributed by atoms with Gasteiger partial charge >= 0.3 is 12.0 Å². The lowest BCUT2D eigenvalue weighted by Crippen LogP contribution is -2.57. The number of urea groups is 1. The molecule has 0 atom stereocenters. The lowest BCUT2D eigenvalue weighted by Gasteiger charge is -2.31. The molecule has 0 spiro atoms. The van der Waals surface area contributed by atoms with Gasteiger partial charge in [-0.05, 0) is 12.8 Å². The summed E-state index contributed by atoms with van der Waals surface area (Å²) in [5.74, 6) is -3.06. The summed E-state index contributed by atoms with van der Waals surface area (Å²) in [5, 5.41) is 8.47. The molecule has 1 N–H and O–H groups in total. The zero-order valence-corrected chi connectivity index (χ0v) is 12.1. The second kappa shape index (κ2) is 7.51. The van der Waals surface area contributed by atoms with Crippen molar-refractivity contribution in [2.24, 2.45) is 10.9 Å². The molecule has 0 unspecified atom stereocenters. The number of carbonyl (C=O) groups excluding carboxylic acids is 3. The molecule has 0 aromatic heterocycles. The van der Waals surface area contributed by atoms with Gasteiger partial charge in [-0.2, -0.15) is 0 Å². The van der Waals surface area contributed by atoms with Crippen LogP contribution in [0, 0.1) is 5.92 Å². The molecule has 0 aliphatic carbocycles. The zero-order chi connectivity index (χ0) is 16.0. The van der Waals surface area contributed by atoms with Crippen molar-refractivity contribution in [3.63, 3.8) is 0 Å². The molecule has 0 aromatic carbocycles. The number of amides is 4. The van der Waals surface area contributed by atoms with Crippen molar-refractivity contribution in [1.29, 1.82) is 0 Å². The highest BCUT2D eigenvalue weighted by atomic mass is 16.4. The van der Waals surface area contributed by atoms with Gasteiger partial charge in [-0.15, -0.1) is 0 Å². The van der Waals surface area contributed by atoms with Gasteiger partial charge in [0.1, 0.15) is 0 Å². The van der Waals surface area contributed by atoms with Crippen LogP contribution in [0.15, 0.2) is 4.99 Å². The van der Waals surface area contributed by atoms with E-state index < -0.39 is 29.7 Å². The van der Waals surface area contributed by atoms with Crippen molar-refractivity contribution in [3.8, 4) is 0 Å². The van der Waals surface area contributed by atoms with Gasteiger partial charge in [-0.1, -0.05) is 6.42 Å². The van der Waals surface area contributed by atoms with Crippen molar-refractivity contribution in [2.45, 2.75) is 25.7 Å².